The molecule has 0 amide bonds. The Morgan fingerprint density at radius 1 is 1.40 bits per heavy atom. The van der Waals surface area contributed by atoms with E-state index in [1.54, 1.807) is 12.3 Å². The second kappa shape index (κ2) is 6.02. The zero-order valence-electron chi connectivity index (χ0n) is 6.54. The van der Waals surface area contributed by atoms with E-state index in [4.69, 9.17) is 0 Å². The first kappa shape index (κ1) is 8.89. The second-order valence-electron chi connectivity index (χ2n) is 1.82. The lowest BCUT2D eigenvalue weighted by molar-refractivity contribution is 1.31. The molecule has 54 valence electrons. The standard InChI is InChI=1S/C9H13N/c1-4-6-7-8-9(3)10-5-2/h4-8H,1H2,2-3H3/b7-6-,9-8+,10-5?. The molecule has 0 heterocycles. The van der Waals surface area contributed by atoms with Gasteiger partial charge in [-0.05, 0) is 19.9 Å². The number of rotatable bonds is 3. The minimum absolute atomic E-state index is 1.00. The van der Waals surface area contributed by atoms with Gasteiger partial charge in [-0.3, -0.25) is 4.99 Å². The summed E-state index contributed by atoms with van der Waals surface area (Å²) in [6.45, 7) is 7.40. The summed E-state index contributed by atoms with van der Waals surface area (Å²) in [5.41, 5.74) is 1.00. The van der Waals surface area contributed by atoms with Gasteiger partial charge >= 0.3 is 0 Å². The maximum Gasteiger partial charge on any atom is 0.0368 e. The highest BCUT2D eigenvalue weighted by molar-refractivity contribution is 5.55. The molecule has 0 aromatic rings. The van der Waals surface area contributed by atoms with Crippen molar-refractivity contribution in [3.8, 4) is 0 Å². The average Bonchev–Trinajstić information content (AvgIpc) is 1.89. The van der Waals surface area contributed by atoms with Crippen molar-refractivity contribution in [3.05, 3.63) is 36.6 Å². The van der Waals surface area contributed by atoms with E-state index in [-0.39, 0.29) is 0 Å². The molecule has 0 aliphatic heterocycles. The first-order valence-corrected chi connectivity index (χ1v) is 3.26. The monoisotopic (exact) mass is 135 g/mol. The van der Waals surface area contributed by atoms with Crippen LogP contribution in [0.25, 0.3) is 0 Å². The molecule has 1 heteroatoms. The molecule has 0 N–H and O–H groups in total. The molecule has 10 heavy (non-hydrogen) atoms. The Hall–Kier alpha value is -1.11. The molecule has 0 saturated carbocycles. The molecule has 0 atom stereocenters. The van der Waals surface area contributed by atoms with Crippen LogP contribution in [0.2, 0.25) is 0 Å². The van der Waals surface area contributed by atoms with E-state index in [2.05, 4.69) is 11.6 Å². The van der Waals surface area contributed by atoms with Crippen LogP contribution in [-0.4, -0.2) is 6.21 Å². The molecule has 0 aliphatic carbocycles. The van der Waals surface area contributed by atoms with Gasteiger partial charge in [-0.1, -0.05) is 24.8 Å². The van der Waals surface area contributed by atoms with Crippen molar-refractivity contribution in [3.63, 3.8) is 0 Å². The number of hydrogen-bond acceptors (Lipinski definition) is 1. The molecule has 0 aliphatic rings. The highest BCUT2D eigenvalue weighted by Gasteiger charge is 1.74. The minimum Gasteiger partial charge on any atom is -0.266 e. The van der Waals surface area contributed by atoms with E-state index in [1.165, 1.54) is 0 Å². The number of allylic oxidation sites excluding steroid dienone is 5. The van der Waals surface area contributed by atoms with Gasteiger partial charge in [-0.25, -0.2) is 0 Å². The zero-order valence-corrected chi connectivity index (χ0v) is 6.54. The van der Waals surface area contributed by atoms with Gasteiger partial charge in [0.05, 0.1) is 0 Å². The smallest absolute Gasteiger partial charge is 0.0368 e. The maximum absolute atomic E-state index is 4.05. The first-order chi connectivity index (χ1) is 4.81. The lowest BCUT2D eigenvalue weighted by atomic mass is 10.4. The Morgan fingerprint density at radius 2 is 2.10 bits per heavy atom. The molecule has 0 rings (SSSR count). The minimum atomic E-state index is 1.00. The zero-order chi connectivity index (χ0) is 7.82. The van der Waals surface area contributed by atoms with E-state index < -0.39 is 0 Å². The fourth-order valence-corrected chi connectivity index (χ4v) is 0.520. The molecule has 1 nitrogen and oxygen atoms in total. The van der Waals surface area contributed by atoms with Crippen molar-refractivity contribution >= 4 is 6.21 Å². The fraction of sp³-hybridized carbons (Fsp3) is 0.222. The quantitative estimate of drug-likeness (QED) is 0.417. The number of hydrogen-bond donors (Lipinski definition) is 0. The normalized spacial score (nSPS) is 13.2. The molecule has 0 bridgehead atoms. The van der Waals surface area contributed by atoms with Crippen LogP contribution in [0.5, 0.6) is 0 Å². The van der Waals surface area contributed by atoms with Crippen LogP contribution >= 0.6 is 0 Å². The third-order valence-electron chi connectivity index (χ3n) is 0.917. The Labute approximate surface area is 62.5 Å². The Kier molecular flexibility index (Phi) is 5.35. The predicted octanol–water partition coefficient (Wildman–Crippen LogP) is 2.72. The van der Waals surface area contributed by atoms with Gasteiger partial charge in [0.15, 0.2) is 0 Å². The van der Waals surface area contributed by atoms with Gasteiger partial charge < -0.3 is 0 Å². The third-order valence-corrected chi connectivity index (χ3v) is 0.917. The van der Waals surface area contributed by atoms with Crippen molar-refractivity contribution in [1.29, 1.82) is 0 Å². The summed E-state index contributed by atoms with van der Waals surface area (Å²) >= 11 is 0. The lowest BCUT2D eigenvalue weighted by Gasteiger charge is -1.84. The van der Waals surface area contributed by atoms with Crippen LogP contribution < -0.4 is 0 Å². The highest BCUT2D eigenvalue weighted by Crippen LogP contribution is 1.92. The van der Waals surface area contributed by atoms with Crippen LogP contribution in [0.3, 0.4) is 0 Å². The number of nitrogens with zero attached hydrogens (tertiary/aromatic N) is 1. The van der Waals surface area contributed by atoms with Crippen molar-refractivity contribution < 1.29 is 0 Å². The van der Waals surface area contributed by atoms with Crippen LogP contribution in [-0.2, 0) is 0 Å². The van der Waals surface area contributed by atoms with E-state index in [0.717, 1.165) is 5.70 Å². The molecule has 0 saturated heterocycles. The van der Waals surface area contributed by atoms with E-state index in [0.29, 0.717) is 0 Å². The maximum atomic E-state index is 4.05. The fourth-order valence-electron chi connectivity index (χ4n) is 0.520. The Bertz CT molecular complexity index is 173. The van der Waals surface area contributed by atoms with Gasteiger partial charge in [0.25, 0.3) is 0 Å². The van der Waals surface area contributed by atoms with E-state index in [9.17, 15) is 0 Å². The summed E-state index contributed by atoms with van der Waals surface area (Å²) in [5, 5.41) is 0. The summed E-state index contributed by atoms with van der Waals surface area (Å²) in [6, 6.07) is 0. The largest absolute Gasteiger partial charge is 0.266 e. The molecule has 0 unspecified atom stereocenters. The van der Waals surface area contributed by atoms with Crippen LogP contribution in [0, 0.1) is 0 Å². The SMILES string of the molecule is C=C/C=C\C=C(/C)N=CC. The van der Waals surface area contributed by atoms with Gasteiger partial charge in [0, 0.05) is 11.9 Å². The Morgan fingerprint density at radius 3 is 2.60 bits per heavy atom. The average molecular weight is 135 g/mol. The van der Waals surface area contributed by atoms with Gasteiger partial charge in [-0.15, -0.1) is 0 Å². The first-order valence-electron chi connectivity index (χ1n) is 3.26. The molecular weight excluding hydrogens is 122 g/mol. The summed E-state index contributed by atoms with van der Waals surface area (Å²) in [7, 11) is 0. The van der Waals surface area contributed by atoms with Crippen LogP contribution in [0.1, 0.15) is 13.8 Å². The van der Waals surface area contributed by atoms with Gasteiger partial charge in [0.2, 0.25) is 0 Å². The summed E-state index contributed by atoms with van der Waals surface area (Å²) in [6.07, 6.45) is 9.22. The third kappa shape index (κ3) is 5.04. The molecular formula is C9H13N. The predicted molar refractivity (Wildman–Crippen MR) is 47.3 cm³/mol. The molecule has 0 spiro atoms. The lowest BCUT2D eigenvalue weighted by Crippen LogP contribution is -1.66. The van der Waals surface area contributed by atoms with Crippen molar-refractivity contribution in [2.24, 2.45) is 4.99 Å². The van der Waals surface area contributed by atoms with Crippen molar-refractivity contribution in [1.82, 2.24) is 0 Å². The van der Waals surface area contributed by atoms with E-state index in [1.807, 2.05) is 32.1 Å². The van der Waals surface area contributed by atoms with Crippen molar-refractivity contribution in [2.45, 2.75) is 13.8 Å². The summed E-state index contributed by atoms with van der Waals surface area (Å²) in [4.78, 5) is 4.05. The molecule has 0 fully saturated rings. The topological polar surface area (TPSA) is 12.4 Å². The van der Waals surface area contributed by atoms with Crippen molar-refractivity contribution in [2.75, 3.05) is 0 Å². The summed E-state index contributed by atoms with van der Waals surface area (Å²) in [5.74, 6) is 0. The second-order valence-corrected chi connectivity index (χ2v) is 1.82. The number of aliphatic imine (C=N–C) groups is 1. The van der Waals surface area contributed by atoms with Crippen LogP contribution in [0.4, 0.5) is 0 Å². The van der Waals surface area contributed by atoms with Gasteiger partial charge in [0.1, 0.15) is 0 Å². The molecule has 0 radical (unpaired) electrons. The summed E-state index contributed by atoms with van der Waals surface area (Å²) < 4.78 is 0. The highest BCUT2D eigenvalue weighted by atomic mass is 14.7. The van der Waals surface area contributed by atoms with Crippen LogP contribution in [0.15, 0.2) is 41.6 Å². The Balaban J connectivity index is 3.90. The van der Waals surface area contributed by atoms with E-state index >= 15 is 0 Å². The van der Waals surface area contributed by atoms with Gasteiger partial charge in [-0.2, -0.15) is 0 Å². The molecule has 0 aromatic carbocycles. The molecule has 0 aromatic heterocycles.